The summed E-state index contributed by atoms with van der Waals surface area (Å²) in [5.74, 6) is 3.33. The van der Waals surface area contributed by atoms with Gasteiger partial charge >= 0.3 is 0 Å². The standard InChI is InChI=1S/C16H22O4/c1-11(2)7-5-6-8-12-9-13-15(20-10-19-13)16(18-4)14(12)17-3/h5-6,9,11H,7-8,10H2,1-4H3/b6-5+. The molecule has 1 aliphatic rings. The fourth-order valence-corrected chi connectivity index (χ4v) is 2.19. The monoisotopic (exact) mass is 278 g/mol. The number of ether oxygens (including phenoxy) is 4. The molecule has 0 radical (unpaired) electrons. The molecule has 1 aliphatic heterocycles. The van der Waals surface area contributed by atoms with Gasteiger partial charge in [0.05, 0.1) is 14.2 Å². The van der Waals surface area contributed by atoms with E-state index < -0.39 is 0 Å². The van der Waals surface area contributed by atoms with Crippen LogP contribution in [0.15, 0.2) is 18.2 Å². The van der Waals surface area contributed by atoms with Crippen molar-refractivity contribution in [3.63, 3.8) is 0 Å². The Bertz CT molecular complexity index is 492. The largest absolute Gasteiger partial charge is 0.492 e. The predicted octanol–water partition coefficient (Wildman–Crippen LogP) is 3.58. The van der Waals surface area contributed by atoms with Gasteiger partial charge in [0, 0.05) is 5.56 Å². The number of hydrogen-bond donors (Lipinski definition) is 0. The van der Waals surface area contributed by atoms with Gasteiger partial charge in [-0.2, -0.15) is 0 Å². The summed E-state index contributed by atoms with van der Waals surface area (Å²) in [4.78, 5) is 0. The Morgan fingerprint density at radius 1 is 1.15 bits per heavy atom. The highest BCUT2D eigenvalue weighted by molar-refractivity contribution is 5.64. The summed E-state index contributed by atoms with van der Waals surface area (Å²) in [6, 6.07) is 1.96. The first kappa shape index (κ1) is 14.6. The number of allylic oxidation sites excluding steroid dienone is 2. The second-order valence-corrected chi connectivity index (χ2v) is 5.14. The first-order chi connectivity index (χ1) is 9.67. The van der Waals surface area contributed by atoms with E-state index in [1.807, 2.05) is 6.07 Å². The molecule has 110 valence electrons. The molecule has 0 aromatic heterocycles. The number of fused-ring (bicyclic) bond motifs is 1. The minimum Gasteiger partial charge on any atom is -0.492 e. The van der Waals surface area contributed by atoms with E-state index in [2.05, 4.69) is 26.0 Å². The van der Waals surface area contributed by atoms with Crippen LogP contribution in [-0.4, -0.2) is 21.0 Å². The third-order valence-corrected chi connectivity index (χ3v) is 3.17. The minimum absolute atomic E-state index is 0.224. The summed E-state index contributed by atoms with van der Waals surface area (Å²) >= 11 is 0. The smallest absolute Gasteiger partial charge is 0.231 e. The Kier molecular flexibility index (Phi) is 4.77. The average molecular weight is 278 g/mol. The summed E-state index contributed by atoms with van der Waals surface area (Å²) in [5.41, 5.74) is 1.04. The van der Waals surface area contributed by atoms with Crippen LogP contribution in [0.5, 0.6) is 23.0 Å². The molecule has 20 heavy (non-hydrogen) atoms. The normalized spacial score (nSPS) is 13.2. The second-order valence-electron chi connectivity index (χ2n) is 5.14. The maximum atomic E-state index is 5.48. The average Bonchev–Trinajstić information content (AvgIpc) is 2.89. The van der Waals surface area contributed by atoms with Crippen LogP contribution in [-0.2, 0) is 6.42 Å². The highest BCUT2D eigenvalue weighted by Gasteiger charge is 2.25. The van der Waals surface area contributed by atoms with Crippen LogP contribution in [0.4, 0.5) is 0 Å². The number of rotatable bonds is 6. The Labute approximate surface area is 120 Å². The van der Waals surface area contributed by atoms with Crippen molar-refractivity contribution < 1.29 is 18.9 Å². The van der Waals surface area contributed by atoms with Crippen LogP contribution in [0.2, 0.25) is 0 Å². The Morgan fingerprint density at radius 2 is 1.90 bits per heavy atom. The topological polar surface area (TPSA) is 36.9 Å². The molecule has 4 heteroatoms. The highest BCUT2D eigenvalue weighted by Crippen LogP contribution is 2.49. The van der Waals surface area contributed by atoms with Crippen molar-refractivity contribution in [1.82, 2.24) is 0 Å². The number of methoxy groups -OCH3 is 2. The molecule has 1 aromatic rings. The van der Waals surface area contributed by atoms with Crippen molar-refractivity contribution in [2.75, 3.05) is 21.0 Å². The quantitative estimate of drug-likeness (QED) is 0.745. The third-order valence-electron chi connectivity index (χ3n) is 3.17. The lowest BCUT2D eigenvalue weighted by Gasteiger charge is -2.14. The molecule has 1 aromatic carbocycles. The van der Waals surface area contributed by atoms with Gasteiger partial charge in [0.25, 0.3) is 0 Å². The first-order valence-corrected chi connectivity index (χ1v) is 6.85. The molecular weight excluding hydrogens is 256 g/mol. The van der Waals surface area contributed by atoms with Crippen molar-refractivity contribution in [1.29, 1.82) is 0 Å². The summed E-state index contributed by atoms with van der Waals surface area (Å²) in [7, 11) is 3.25. The van der Waals surface area contributed by atoms with Crippen molar-refractivity contribution >= 4 is 0 Å². The molecule has 0 spiro atoms. The van der Waals surface area contributed by atoms with Gasteiger partial charge in [-0.25, -0.2) is 0 Å². The van der Waals surface area contributed by atoms with Gasteiger partial charge in [-0.05, 0) is 24.8 Å². The molecule has 0 N–H and O–H groups in total. The van der Waals surface area contributed by atoms with Gasteiger partial charge in [-0.15, -0.1) is 0 Å². The second kappa shape index (κ2) is 6.55. The fraction of sp³-hybridized carbons (Fsp3) is 0.500. The van der Waals surface area contributed by atoms with Crippen LogP contribution in [0.1, 0.15) is 25.8 Å². The SMILES string of the molecule is COc1c(C/C=C/CC(C)C)cc2c(c1OC)OCO2. The Morgan fingerprint density at radius 3 is 2.55 bits per heavy atom. The Balaban J connectivity index is 2.26. The lowest BCUT2D eigenvalue weighted by atomic mass is 10.1. The van der Waals surface area contributed by atoms with E-state index in [0.717, 1.165) is 24.2 Å². The van der Waals surface area contributed by atoms with Crippen LogP contribution >= 0.6 is 0 Å². The zero-order chi connectivity index (χ0) is 14.5. The van der Waals surface area contributed by atoms with Crippen LogP contribution in [0.25, 0.3) is 0 Å². The van der Waals surface area contributed by atoms with Gasteiger partial charge in [0.1, 0.15) is 0 Å². The van der Waals surface area contributed by atoms with Gasteiger partial charge in [0.2, 0.25) is 18.3 Å². The maximum absolute atomic E-state index is 5.48. The lowest BCUT2D eigenvalue weighted by molar-refractivity contribution is 0.170. The fourth-order valence-electron chi connectivity index (χ4n) is 2.19. The lowest BCUT2D eigenvalue weighted by Crippen LogP contribution is -1.97. The first-order valence-electron chi connectivity index (χ1n) is 6.85. The highest BCUT2D eigenvalue weighted by atomic mass is 16.7. The van der Waals surface area contributed by atoms with Gasteiger partial charge in [-0.1, -0.05) is 26.0 Å². The van der Waals surface area contributed by atoms with Crippen LogP contribution in [0, 0.1) is 5.92 Å². The maximum Gasteiger partial charge on any atom is 0.231 e. The van der Waals surface area contributed by atoms with Crippen LogP contribution < -0.4 is 18.9 Å². The van der Waals surface area contributed by atoms with Gasteiger partial charge in [0.15, 0.2) is 11.5 Å². The third kappa shape index (κ3) is 3.00. The molecule has 0 saturated carbocycles. The van der Waals surface area contributed by atoms with Crippen molar-refractivity contribution in [2.24, 2.45) is 5.92 Å². The molecular formula is C16H22O4. The summed E-state index contributed by atoms with van der Waals surface area (Å²) in [6.07, 6.45) is 6.20. The minimum atomic E-state index is 0.224. The molecule has 0 bridgehead atoms. The van der Waals surface area contributed by atoms with Gasteiger partial charge in [-0.3, -0.25) is 0 Å². The molecule has 0 fully saturated rings. The molecule has 0 unspecified atom stereocenters. The van der Waals surface area contributed by atoms with E-state index in [4.69, 9.17) is 18.9 Å². The molecule has 0 amide bonds. The molecule has 1 heterocycles. The van der Waals surface area contributed by atoms with E-state index in [1.165, 1.54) is 0 Å². The van der Waals surface area contributed by atoms with E-state index >= 15 is 0 Å². The molecule has 2 rings (SSSR count). The molecule has 0 aliphatic carbocycles. The van der Waals surface area contributed by atoms with Crippen LogP contribution in [0.3, 0.4) is 0 Å². The number of hydrogen-bond acceptors (Lipinski definition) is 4. The molecule has 0 atom stereocenters. The molecule has 0 saturated heterocycles. The van der Waals surface area contributed by atoms with Crippen molar-refractivity contribution in [3.05, 3.63) is 23.8 Å². The summed E-state index contributed by atoms with van der Waals surface area (Å²) < 4.78 is 21.8. The van der Waals surface area contributed by atoms with Crippen molar-refractivity contribution in [2.45, 2.75) is 26.7 Å². The summed E-state index contributed by atoms with van der Waals surface area (Å²) in [5, 5.41) is 0. The predicted molar refractivity (Wildman–Crippen MR) is 78.0 cm³/mol. The van der Waals surface area contributed by atoms with E-state index in [-0.39, 0.29) is 6.79 Å². The zero-order valence-corrected chi connectivity index (χ0v) is 12.6. The van der Waals surface area contributed by atoms with Gasteiger partial charge < -0.3 is 18.9 Å². The summed E-state index contributed by atoms with van der Waals surface area (Å²) in [6.45, 7) is 4.63. The zero-order valence-electron chi connectivity index (χ0n) is 12.6. The molecule has 4 nitrogen and oxygen atoms in total. The Hall–Kier alpha value is -1.84. The van der Waals surface area contributed by atoms with E-state index in [9.17, 15) is 0 Å². The van der Waals surface area contributed by atoms with E-state index in [1.54, 1.807) is 14.2 Å². The number of benzene rings is 1. The van der Waals surface area contributed by atoms with Crippen molar-refractivity contribution in [3.8, 4) is 23.0 Å². The van der Waals surface area contributed by atoms with E-state index in [0.29, 0.717) is 23.2 Å².